The standard InChI is InChI=1S/C15H9F5O/c16-10-5-9(6-11(17)7-10)14(21)2-1-8-3-12(18)15(20)13(19)4-8/h3-7H,1-2H2. The quantitative estimate of drug-likeness (QED) is 0.470. The molecular formula is C15H9F5O. The van der Waals surface area contributed by atoms with Gasteiger partial charge in [-0.25, -0.2) is 22.0 Å². The van der Waals surface area contributed by atoms with Gasteiger partial charge in [0.1, 0.15) is 11.6 Å². The van der Waals surface area contributed by atoms with E-state index in [0.29, 0.717) is 6.07 Å². The summed E-state index contributed by atoms with van der Waals surface area (Å²) in [5, 5.41) is 0. The van der Waals surface area contributed by atoms with Gasteiger partial charge in [0.25, 0.3) is 0 Å². The molecule has 110 valence electrons. The number of rotatable bonds is 4. The normalized spacial score (nSPS) is 10.7. The second-order valence-electron chi connectivity index (χ2n) is 4.45. The van der Waals surface area contributed by atoms with E-state index in [9.17, 15) is 26.7 Å². The van der Waals surface area contributed by atoms with Gasteiger partial charge in [-0.3, -0.25) is 4.79 Å². The van der Waals surface area contributed by atoms with Crippen molar-refractivity contribution in [2.24, 2.45) is 0 Å². The predicted molar refractivity (Wildman–Crippen MR) is 65.3 cm³/mol. The lowest BCUT2D eigenvalue weighted by molar-refractivity contribution is 0.0982. The first-order valence-corrected chi connectivity index (χ1v) is 5.99. The van der Waals surface area contributed by atoms with E-state index in [2.05, 4.69) is 0 Å². The Bertz CT molecular complexity index is 653. The highest BCUT2D eigenvalue weighted by Gasteiger charge is 2.13. The van der Waals surface area contributed by atoms with E-state index in [1.165, 1.54) is 0 Å². The van der Waals surface area contributed by atoms with Crippen molar-refractivity contribution >= 4 is 5.78 Å². The van der Waals surface area contributed by atoms with Crippen LogP contribution < -0.4 is 0 Å². The highest BCUT2D eigenvalue weighted by Crippen LogP contribution is 2.16. The second-order valence-corrected chi connectivity index (χ2v) is 4.45. The molecule has 0 radical (unpaired) electrons. The summed E-state index contributed by atoms with van der Waals surface area (Å²) in [5.74, 6) is -6.66. The molecule has 0 unspecified atom stereocenters. The maximum absolute atomic E-state index is 13.0. The van der Waals surface area contributed by atoms with Crippen LogP contribution in [0.25, 0.3) is 0 Å². The van der Waals surface area contributed by atoms with Gasteiger partial charge >= 0.3 is 0 Å². The average molecular weight is 300 g/mol. The highest BCUT2D eigenvalue weighted by molar-refractivity contribution is 5.96. The number of carbonyl (C=O) groups excluding carboxylic acids is 1. The van der Waals surface area contributed by atoms with E-state index in [1.54, 1.807) is 0 Å². The van der Waals surface area contributed by atoms with Crippen LogP contribution in [0.4, 0.5) is 22.0 Å². The molecule has 0 N–H and O–H groups in total. The lowest BCUT2D eigenvalue weighted by Crippen LogP contribution is -2.04. The lowest BCUT2D eigenvalue weighted by Gasteiger charge is -2.04. The van der Waals surface area contributed by atoms with E-state index >= 15 is 0 Å². The van der Waals surface area contributed by atoms with Crippen molar-refractivity contribution in [2.45, 2.75) is 12.8 Å². The number of Topliss-reactive ketones (excluding diaryl/α,β-unsaturated/α-hetero) is 1. The maximum Gasteiger partial charge on any atom is 0.194 e. The summed E-state index contributed by atoms with van der Waals surface area (Å²) in [7, 11) is 0. The molecule has 0 aliphatic carbocycles. The summed E-state index contributed by atoms with van der Waals surface area (Å²) in [6.45, 7) is 0. The lowest BCUT2D eigenvalue weighted by atomic mass is 10.0. The molecule has 2 rings (SSSR count). The average Bonchev–Trinajstić information content (AvgIpc) is 2.40. The summed E-state index contributed by atoms with van der Waals surface area (Å²) in [4.78, 5) is 11.8. The van der Waals surface area contributed by atoms with E-state index in [1.807, 2.05) is 0 Å². The molecule has 0 amide bonds. The summed E-state index contributed by atoms with van der Waals surface area (Å²) in [6, 6.07) is 3.92. The van der Waals surface area contributed by atoms with Crippen LogP contribution in [0.15, 0.2) is 30.3 Å². The Morgan fingerprint density at radius 2 is 1.33 bits per heavy atom. The predicted octanol–water partition coefficient (Wildman–Crippen LogP) is 4.20. The van der Waals surface area contributed by atoms with Crippen LogP contribution in [-0.4, -0.2) is 5.78 Å². The van der Waals surface area contributed by atoms with Gasteiger partial charge in [-0.15, -0.1) is 0 Å². The SMILES string of the molecule is O=C(CCc1cc(F)c(F)c(F)c1)c1cc(F)cc(F)c1. The number of aryl methyl sites for hydroxylation is 1. The minimum absolute atomic E-state index is 0.0783. The van der Waals surface area contributed by atoms with Crippen LogP contribution in [0.1, 0.15) is 22.3 Å². The molecule has 0 atom stereocenters. The second kappa shape index (κ2) is 6.03. The van der Waals surface area contributed by atoms with Crippen LogP contribution >= 0.6 is 0 Å². The number of hydrogen-bond donors (Lipinski definition) is 0. The molecule has 0 saturated carbocycles. The molecule has 0 bridgehead atoms. The molecule has 6 heteroatoms. The van der Waals surface area contributed by atoms with Gasteiger partial charge in [0.15, 0.2) is 23.2 Å². The van der Waals surface area contributed by atoms with Crippen LogP contribution in [0.3, 0.4) is 0 Å². The van der Waals surface area contributed by atoms with Crippen LogP contribution in [-0.2, 0) is 6.42 Å². The van der Waals surface area contributed by atoms with Gasteiger partial charge < -0.3 is 0 Å². The van der Waals surface area contributed by atoms with Crippen LogP contribution in [0, 0.1) is 29.1 Å². The Labute approximate surface area is 117 Å². The molecule has 2 aromatic carbocycles. The zero-order chi connectivity index (χ0) is 15.6. The number of ketones is 1. The van der Waals surface area contributed by atoms with Gasteiger partial charge in [0, 0.05) is 18.1 Å². The molecule has 0 spiro atoms. The van der Waals surface area contributed by atoms with Gasteiger partial charge in [-0.1, -0.05) is 0 Å². The first kappa shape index (κ1) is 15.2. The van der Waals surface area contributed by atoms with Crippen LogP contribution in [0.5, 0.6) is 0 Å². The van der Waals surface area contributed by atoms with Crippen LogP contribution in [0.2, 0.25) is 0 Å². The maximum atomic E-state index is 13.0. The fourth-order valence-corrected chi connectivity index (χ4v) is 1.87. The molecule has 0 fully saturated rings. The van der Waals surface area contributed by atoms with Gasteiger partial charge in [0.2, 0.25) is 0 Å². The molecule has 0 heterocycles. The van der Waals surface area contributed by atoms with E-state index < -0.39 is 34.9 Å². The fourth-order valence-electron chi connectivity index (χ4n) is 1.87. The first-order valence-electron chi connectivity index (χ1n) is 5.99. The zero-order valence-electron chi connectivity index (χ0n) is 10.6. The third-order valence-electron chi connectivity index (χ3n) is 2.87. The van der Waals surface area contributed by atoms with Crippen molar-refractivity contribution < 1.29 is 26.7 Å². The van der Waals surface area contributed by atoms with Crippen molar-refractivity contribution in [1.82, 2.24) is 0 Å². The van der Waals surface area contributed by atoms with Crippen molar-refractivity contribution in [2.75, 3.05) is 0 Å². The largest absolute Gasteiger partial charge is 0.294 e. The minimum Gasteiger partial charge on any atom is -0.294 e. The first-order chi connectivity index (χ1) is 9.86. The van der Waals surface area contributed by atoms with Gasteiger partial charge in [-0.05, 0) is 36.2 Å². The van der Waals surface area contributed by atoms with Crippen molar-refractivity contribution in [1.29, 1.82) is 0 Å². The number of hydrogen-bond acceptors (Lipinski definition) is 1. The molecule has 21 heavy (non-hydrogen) atoms. The van der Waals surface area contributed by atoms with E-state index in [-0.39, 0.29) is 24.0 Å². The summed E-state index contributed by atoms with van der Waals surface area (Å²) in [6.07, 6.45) is -0.293. The Kier molecular flexibility index (Phi) is 4.35. The minimum atomic E-state index is -1.59. The summed E-state index contributed by atoms with van der Waals surface area (Å²) >= 11 is 0. The third-order valence-corrected chi connectivity index (χ3v) is 2.87. The highest BCUT2D eigenvalue weighted by atomic mass is 19.2. The monoisotopic (exact) mass is 300 g/mol. The smallest absolute Gasteiger partial charge is 0.194 e. The molecule has 1 nitrogen and oxygen atoms in total. The molecule has 0 aromatic heterocycles. The summed E-state index contributed by atoms with van der Waals surface area (Å²) < 4.78 is 64.7. The number of benzene rings is 2. The van der Waals surface area contributed by atoms with Gasteiger partial charge in [0.05, 0.1) is 0 Å². The van der Waals surface area contributed by atoms with Gasteiger partial charge in [-0.2, -0.15) is 0 Å². The fraction of sp³-hybridized carbons (Fsp3) is 0.133. The van der Waals surface area contributed by atoms with Crippen molar-refractivity contribution in [3.63, 3.8) is 0 Å². The molecule has 0 aliphatic heterocycles. The Morgan fingerprint density at radius 3 is 1.86 bits per heavy atom. The molecule has 2 aromatic rings. The third kappa shape index (κ3) is 3.65. The molecule has 0 aliphatic rings. The number of carbonyl (C=O) groups is 1. The topological polar surface area (TPSA) is 17.1 Å². The molecule has 0 saturated heterocycles. The Balaban J connectivity index is 2.11. The zero-order valence-corrected chi connectivity index (χ0v) is 10.6. The number of halogens is 5. The Morgan fingerprint density at radius 1 is 0.810 bits per heavy atom. The summed E-state index contributed by atoms with van der Waals surface area (Å²) in [5.41, 5.74) is -0.0906. The Hall–Kier alpha value is -2.24. The van der Waals surface area contributed by atoms with Crippen molar-refractivity contribution in [3.8, 4) is 0 Å². The molecular weight excluding hydrogens is 291 g/mol. The van der Waals surface area contributed by atoms with E-state index in [0.717, 1.165) is 24.3 Å². The van der Waals surface area contributed by atoms with E-state index in [4.69, 9.17) is 0 Å². The van der Waals surface area contributed by atoms with Crippen molar-refractivity contribution in [3.05, 3.63) is 70.5 Å².